The number of ether oxygens (including phenoxy) is 4. The summed E-state index contributed by atoms with van der Waals surface area (Å²) in [6, 6.07) is 33.5. The molecule has 41 heavy (non-hydrogen) atoms. The van der Waals surface area contributed by atoms with E-state index < -0.39 is 0 Å². The van der Waals surface area contributed by atoms with Crippen molar-refractivity contribution in [3.8, 4) is 23.0 Å². The predicted molar refractivity (Wildman–Crippen MR) is 177 cm³/mol. The zero-order valence-corrected chi connectivity index (χ0v) is 27.1. The smallest absolute Gasteiger partial charge is 0.118 e. The monoisotopic (exact) mass is 624 g/mol. The Morgan fingerprint density at radius 3 is 0.732 bits per heavy atom. The Morgan fingerprint density at radius 2 is 0.561 bits per heavy atom. The van der Waals surface area contributed by atoms with Crippen LogP contribution in [-0.2, 0) is 0 Å². The van der Waals surface area contributed by atoms with E-state index in [1.54, 1.807) is 28.4 Å². The third-order valence-electron chi connectivity index (χ3n) is 6.42. The number of benzene rings is 4. The van der Waals surface area contributed by atoms with Crippen molar-refractivity contribution in [1.29, 1.82) is 0 Å². The maximum atomic E-state index is 5.38. The number of hydrogen-bond donors (Lipinski definition) is 0. The van der Waals surface area contributed by atoms with Crippen LogP contribution in [0.25, 0.3) is 0 Å². The molecular weight excluding hydrogens is 589 g/mol. The zero-order valence-electron chi connectivity index (χ0n) is 23.8. The molecular formula is C33H36O4S4. The van der Waals surface area contributed by atoms with Gasteiger partial charge in [0.1, 0.15) is 23.0 Å². The van der Waals surface area contributed by atoms with Crippen molar-refractivity contribution in [3.05, 3.63) is 97.1 Å². The van der Waals surface area contributed by atoms with E-state index in [0.717, 1.165) is 46.0 Å². The van der Waals surface area contributed by atoms with Gasteiger partial charge in [-0.05, 0) is 97.1 Å². The van der Waals surface area contributed by atoms with Crippen molar-refractivity contribution in [1.82, 2.24) is 0 Å². The Bertz CT molecular complexity index is 1100. The van der Waals surface area contributed by atoms with Gasteiger partial charge in [0.05, 0.1) is 28.4 Å². The molecule has 0 amide bonds. The van der Waals surface area contributed by atoms with Gasteiger partial charge in [0.15, 0.2) is 0 Å². The number of rotatable bonds is 16. The Balaban J connectivity index is 1.58. The summed E-state index contributed by atoms with van der Waals surface area (Å²) in [5.41, 5.74) is 0.0182. The van der Waals surface area contributed by atoms with Crippen LogP contribution in [0.5, 0.6) is 23.0 Å². The first-order chi connectivity index (χ1) is 20.0. The average molecular weight is 625 g/mol. The highest BCUT2D eigenvalue weighted by Crippen LogP contribution is 2.42. The molecule has 0 bridgehead atoms. The molecule has 4 aromatic carbocycles. The molecule has 4 aromatic rings. The van der Waals surface area contributed by atoms with E-state index in [-0.39, 0.29) is 5.41 Å². The van der Waals surface area contributed by atoms with Crippen LogP contribution in [-0.4, -0.2) is 51.5 Å². The molecule has 0 radical (unpaired) electrons. The summed E-state index contributed by atoms with van der Waals surface area (Å²) < 4.78 is 21.5. The minimum Gasteiger partial charge on any atom is -0.497 e. The fourth-order valence-corrected chi connectivity index (χ4v) is 9.09. The fraction of sp³-hybridized carbons (Fsp3) is 0.273. The fourth-order valence-electron chi connectivity index (χ4n) is 3.88. The molecule has 0 aliphatic heterocycles. The lowest BCUT2D eigenvalue weighted by Gasteiger charge is -2.33. The molecule has 0 atom stereocenters. The van der Waals surface area contributed by atoms with Gasteiger partial charge in [0.25, 0.3) is 0 Å². The molecule has 0 saturated heterocycles. The molecule has 0 aromatic heterocycles. The minimum atomic E-state index is 0.0182. The lowest BCUT2D eigenvalue weighted by Crippen LogP contribution is -2.33. The van der Waals surface area contributed by atoms with Crippen LogP contribution in [0.1, 0.15) is 0 Å². The molecule has 216 valence electrons. The normalized spacial score (nSPS) is 11.2. The molecule has 0 N–H and O–H groups in total. The minimum absolute atomic E-state index is 0.0182. The lowest BCUT2D eigenvalue weighted by atomic mass is 9.99. The van der Waals surface area contributed by atoms with E-state index in [0.29, 0.717) is 0 Å². The summed E-state index contributed by atoms with van der Waals surface area (Å²) in [5.74, 6) is 7.43. The summed E-state index contributed by atoms with van der Waals surface area (Å²) in [5, 5.41) is 0. The van der Waals surface area contributed by atoms with Crippen LogP contribution >= 0.6 is 47.0 Å². The highest BCUT2D eigenvalue weighted by molar-refractivity contribution is 8.02. The molecule has 4 rings (SSSR count). The van der Waals surface area contributed by atoms with E-state index in [9.17, 15) is 0 Å². The highest BCUT2D eigenvalue weighted by atomic mass is 32.2. The summed E-state index contributed by atoms with van der Waals surface area (Å²) in [6.45, 7) is 0. The van der Waals surface area contributed by atoms with E-state index in [1.807, 2.05) is 95.6 Å². The quantitative estimate of drug-likeness (QED) is 0.114. The van der Waals surface area contributed by atoms with E-state index >= 15 is 0 Å². The molecule has 0 unspecified atom stereocenters. The van der Waals surface area contributed by atoms with Gasteiger partial charge >= 0.3 is 0 Å². The summed E-state index contributed by atoms with van der Waals surface area (Å²) >= 11 is 7.66. The first kappa shape index (κ1) is 31.4. The predicted octanol–water partition coefficient (Wildman–Crippen LogP) is 9.18. The van der Waals surface area contributed by atoms with Crippen LogP contribution < -0.4 is 18.9 Å². The molecule has 4 nitrogen and oxygen atoms in total. The van der Waals surface area contributed by atoms with Crippen LogP contribution in [0.2, 0.25) is 0 Å². The standard InChI is InChI=1S/C33H36O4S4/c1-34-25-5-13-29(14-6-25)38-21-33(22-39-30-15-7-26(35-2)8-16-30,23-40-31-17-9-27(36-3)10-18-31)24-41-32-19-11-28(37-4)12-20-32/h5-20H,21-24H2,1-4H3. The Labute approximate surface area is 261 Å². The van der Waals surface area contributed by atoms with Gasteiger partial charge in [-0.25, -0.2) is 0 Å². The Kier molecular flexibility index (Phi) is 12.4. The van der Waals surface area contributed by atoms with Crippen molar-refractivity contribution in [3.63, 3.8) is 0 Å². The number of thioether (sulfide) groups is 4. The average Bonchev–Trinajstić information content (AvgIpc) is 3.05. The van der Waals surface area contributed by atoms with Crippen LogP contribution in [0.4, 0.5) is 0 Å². The molecule has 0 saturated carbocycles. The van der Waals surface area contributed by atoms with Gasteiger partial charge in [-0.1, -0.05) is 0 Å². The van der Waals surface area contributed by atoms with Crippen LogP contribution in [0, 0.1) is 5.41 Å². The largest absolute Gasteiger partial charge is 0.497 e. The molecule has 0 aliphatic carbocycles. The van der Waals surface area contributed by atoms with Gasteiger partial charge in [0.2, 0.25) is 0 Å². The van der Waals surface area contributed by atoms with E-state index in [4.69, 9.17) is 18.9 Å². The molecule has 0 aliphatic rings. The highest BCUT2D eigenvalue weighted by Gasteiger charge is 2.32. The van der Waals surface area contributed by atoms with Crippen LogP contribution in [0.3, 0.4) is 0 Å². The van der Waals surface area contributed by atoms with E-state index in [1.165, 1.54) is 19.6 Å². The lowest BCUT2D eigenvalue weighted by molar-refractivity contribution is 0.414. The second-order valence-electron chi connectivity index (χ2n) is 9.36. The molecule has 8 heteroatoms. The van der Waals surface area contributed by atoms with Crippen molar-refractivity contribution in [2.24, 2.45) is 5.41 Å². The number of hydrogen-bond acceptors (Lipinski definition) is 8. The Morgan fingerprint density at radius 1 is 0.366 bits per heavy atom. The maximum absolute atomic E-state index is 5.38. The van der Waals surface area contributed by atoms with Gasteiger partial charge in [-0.3, -0.25) is 0 Å². The number of methoxy groups -OCH3 is 4. The SMILES string of the molecule is COc1ccc(SCC(CSc2ccc(OC)cc2)(CSc2ccc(OC)cc2)CSc2ccc(OC)cc2)cc1. The molecule has 0 fully saturated rings. The summed E-state index contributed by atoms with van der Waals surface area (Å²) in [6.07, 6.45) is 0. The van der Waals surface area contributed by atoms with Crippen molar-refractivity contribution >= 4 is 47.0 Å². The molecule has 0 heterocycles. The third-order valence-corrected chi connectivity index (χ3v) is 11.9. The first-order valence-electron chi connectivity index (χ1n) is 13.1. The van der Waals surface area contributed by atoms with Gasteiger partial charge in [0, 0.05) is 48.0 Å². The first-order valence-corrected chi connectivity index (χ1v) is 17.1. The molecule has 0 spiro atoms. The second kappa shape index (κ2) is 16.2. The van der Waals surface area contributed by atoms with E-state index in [2.05, 4.69) is 48.5 Å². The second-order valence-corrected chi connectivity index (χ2v) is 13.6. The van der Waals surface area contributed by atoms with Crippen molar-refractivity contribution < 1.29 is 18.9 Å². The summed E-state index contributed by atoms with van der Waals surface area (Å²) in [7, 11) is 6.82. The summed E-state index contributed by atoms with van der Waals surface area (Å²) in [4.78, 5) is 4.98. The van der Waals surface area contributed by atoms with Crippen molar-refractivity contribution in [2.45, 2.75) is 19.6 Å². The zero-order chi connectivity index (χ0) is 28.9. The maximum Gasteiger partial charge on any atom is 0.118 e. The topological polar surface area (TPSA) is 36.9 Å². The van der Waals surface area contributed by atoms with Crippen molar-refractivity contribution in [2.75, 3.05) is 51.5 Å². The van der Waals surface area contributed by atoms with Gasteiger partial charge in [-0.2, -0.15) is 0 Å². The van der Waals surface area contributed by atoms with Gasteiger partial charge < -0.3 is 18.9 Å². The van der Waals surface area contributed by atoms with Crippen LogP contribution in [0.15, 0.2) is 117 Å². The van der Waals surface area contributed by atoms with Gasteiger partial charge in [-0.15, -0.1) is 47.0 Å². The Hall–Kier alpha value is -2.52. The third kappa shape index (κ3) is 9.77.